The molecule has 5 heteroatoms. The van der Waals surface area contributed by atoms with E-state index in [4.69, 9.17) is 0 Å². The van der Waals surface area contributed by atoms with Crippen molar-refractivity contribution in [3.05, 3.63) is 0 Å². The van der Waals surface area contributed by atoms with E-state index in [0.717, 1.165) is 24.8 Å². The molecule has 0 amide bonds. The summed E-state index contributed by atoms with van der Waals surface area (Å²) in [6.07, 6.45) is 4.35. The third-order valence-corrected chi connectivity index (χ3v) is 4.59. The number of unbranched alkanes of at least 4 members (excludes halogenated alkanes) is 2. The Kier molecular flexibility index (Phi) is 9.85. The maximum absolute atomic E-state index is 11.1. The van der Waals surface area contributed by atoms with Gasteiger partial charge in [0.25, 0.3) is 0 Å². The van der Waals surface area contributed by atoms with Crippen LogP contribution in [0.1, 0.15) is 32.6 Å². The lowest BCUT2D eigenvalue weighted by atomic mass is 10.2. The average Bonchev–Trinajstić information content (AvgIpc) is 2.22. The molecular formula is C10H22BrNO2S. The first-order valence-corrected chi connectivity index (χ1v) is 8.53. The minimum atomic E-state index is -2.77. The Labute approximate surface area is 102 Å². The molecule has 0 bridgehead atoms. The number of hydrogen-bond donors (Lipinski definition) is 1. The molecule has 92 valence electrons. The molecule has 0 aromatic carbocycles. The van der Waals surface area contributed by atoms with E-state index >= 15 is 0 Å². The molecule has 0 radical (unpaired) electrons. The number of alkyl halides is 1. The highest BCUT2D eigenvalue weighted by molar-refractivity contribution is 9.09. The Morgan fingerprint density at radius 3 is 2.33 bits per heavy atom. The Bertz CT molecular complexity index is 230. The summed E-state index contributed by atoms with van der Waals surface area (Å²) < 4.78 is 22.3. The van der Waals surface area contributed by atoms with Gasteiger partial charge in [-0.05, 0) is 32.4 Å². The van der Waals surface area contributed by atoms with Crippen molar-refractivity contribution in [1.82, 2.24) is 5.32 Å². The molecule has 0 aromatic heterocycles. The maximum atomic E-state index is 11.1. The average molecular weight is 300 g/mol. The van der Waals surface area contributed by atoms with Crippen LogP contribution in [0.4, 0.5) is 0 Å². The van der Waals surface area contributed by atoms with E-state index in [-0.39, 0.29) is 5.75 Å². The van der Waals surface area contributed by atoms with Crippen LogP contribution in [0.25, 0.3) is 0 Å². The van der Waals surface area contributed by atoms with Gasteiger partial charge in [0, 0.05) is 11.1 Å². The summed E-state index contributed by atoms with van der Waals surface area (Å²) in [4.78, 5) is 0. The highest BCUT2D eigenvalue weighted by atomic mass is 79.9. The van der Waals surface area contributed by atoms with Crippen molar-refractivity contribution in [2.45, 2.75) is 32.6 Å². The fourth-order valence-electron chi connectivity index (χ4n) is 1.21. The molecule has 0 fully saturated rings. The first-order chi connectivity index (χ1) is 7.12. The van der Waals surface area contributed by atoms with E-state index < -0.39 is 9.84 Å². The first-order valence-electron chi connectivity index (χ1n) is 5.59. The van der Waals surface area contributed by atoms with Crippen molar-refractivity contribution < 1.29 is 8.42 Å². The van der Waals surface area contributed by atoms with E-state index in [2.05, 4.69) is 21.2 Å². The van der Waals surface area contributed by atoms with Gasteiger partial charge in [-0.1, -0.05) is 29.3 Å². The Balaban J connectivity index is 3.19. The first kappa shape index (κ1) is 15.4. The van der Waals surface area contributed by atoms with Crippen LogP contribution in [0.3, 0.4) is 0 Å². The molecule has 0 saturated carbocycles. The van der Waals surface area contributed by atoms with Gasteiger partial charge in [0.1, 0.15) is 9.84 Å². The molecule has 3 nitrogen and oxygen atoms in total. The second-order valence-corrected chi connectivity index (χ2v) is 6.86. The van der Waals surface area contributed by atoms with Crippen LogP contribution in [-0.4, -0.2) is 38.3 Å². The summed E-state index contributed by atoms with van der Waals surface area (Å²) in [5.41, 5.74) is 0. The third-order valence-electron chi connectivity index (χ3n) is 2.24. The molecule has 0 heterocycles. The molecule has 0 spiro atoms. The van der Waals surface area contributed by atoms with Crippen LogP contribution in [-0.2, 0) is 9.84 Å². The lowest BCUT2D eigenvalue weighted by Gasteiger charge is -2.04. The van der Waals surface area contributed by atoms with Crippen molar-refractivity contribution in [3.8, 4) is 0 Å². The SMILES string of the molecule is CCS(=O)(=O)CCCNCCCCCBr. The van der Waals surface area contributed by atoms with Crippen molar-refractivity contribution in [3.63, 3.8) is 0 Å². The normalized spacial score (nSPS) is 11.9. The van der Waals surface area contributed by atoms with Gasteiger partial charge in [0.2, 0.25) is 0 Å². The number of hydrogen-bond acceptors (Lipinski definition) is 3. The highest BCUT2D eigenvalue weighted by Gasteiger charge is 2.05. The minimum absolute atomic E-state index is 0.262. The van der Waals surface area contributed by atoms with Crippen molar-refractivity contribution in [2.24, 2.45) is 0 Å². The van der Waals surface area contributed by atoms with Crippen molar-refractivity contribution in [2.75, 3.05) is 29.9 Å². The Morgan fingerprint density at radius 1 is 1.07 bits per heavy atom. The fraction of sp³-hybridized carbons (Fsp3) is 1.00. The number of halogens is 1. The largest absolute Gasteiger partial charge is 0.317 e. The van der Waals surface area contributed by atoms with Gasteiger partial charge in [-0.3, -0.25) is 0 Å². The van der Waals surface area contributed by atoms with Gasteiger partial charge in [0.15, 0.2) is 0 Å². The Hall–Kier alpha value is 0.390. The summed E-state index contributed by atoms with van der Waals surface area (Å²) in [6, 6.07) is 0. The molecule has 0 aliphatic rings. The molecule has 0 aliphatic heterocycles. The molecular weight excluding hydrogens is 278 g/mol. The van der Waals surface area contributed by atoms with Gasteiger partial charge in [-0.15, -0.1) is 0 Å². The monoisotopic (exact) mass is 299 g/mol. The molecule has 15 heavy (non-hydrogen) atoms. The zero-order chi connectivity index (χ0) is 11.6. The highest BCUT2D eigenvalue weighted by Crippen LogP contribution is 1.97. The third kappa shape index (κ3) is 10.7. The minimum Gasteiger partial charge on any atom is -0.317 e. The van der Waals surface area contributed by atoms with Crippen molar-refractivity contribution >= 4 is 25.8 Å². The van der Waals surface area contributed by atoms with Gasteiger partial charge < -0.3 is 5.32 Å². The van der Waals surface area contributed by atoms with Crippen LogP contribution >= 0.6 is 15.9 Å². The van der Waals surface area contributed by atoms with Crippen LogP contribution in [0.2, 0.25) is 0 Å². The fourth-order valence-corrected chi connectivity index (χ4v) is 2.48. The van der Waals surface area contributed by atoms with Gasteiger partial charge in [-0.25, -0.2) is 8.42 Å². The molecule has 0 rings (SSSR count). The second kappa shape index (κ2) is 9.60. The van der Waals surface area contributed by atoms with Crippen LogP contribution in [0.15, 0.2) is 0 Å². The van der Waals surface area contributed by atoms with Gasteiger partial charge in [0.05, 0.1) is 5.75 Å². The van der Waals surface area contributed by atoms with Crippen LogP contribution in [0.5, 0.6) is 0 Å². The van der Waals surface area contributed by atoms with Crippen LogP contribution < -0.4 is 5.32 Å². The van der Waals surface area contributed by atoms with Gasteiger partial charge >= 0.3 is 0 Å². The predicted molar refractivity (Wildman–Crippen MR) is 69.5 cm³/mol. The molecule has 1 N–H and O–H groups in total. The van der Waals surface area contributed by atoms with Gasteiger partial charge in [-0.2, -0.15) is 0 Å². The van der Waals surface area contributed by atoms with E-state index in [1.165, 1.54) is 19.3 Å². The number of sulfone groups is 1. The van der Waals surface area contributed by atoms with E-state index in [9.17, 15) is 8.42 Å². The molecule has 0 unspecified atom stereocenters. The molecule has 0 saturated heterocycles. The van der Waals surface area contributed by atoms with E-state index in [1.54, 1.807) is 6.92 Å². The lowest BCUT2D eigenvalue weighted by molar-refractivity contribution is 0.584. The van der Waals surface area contributed by atoms with Crippen molar-refractivity contribution in [1.29, 1.82) is 0 Å². The summed E-state index contributed by atoms with van der Waals surface area (Å²) in [5, 5.41) is 4.33. The van der Waals surface area contributed by atoms with E-state index in [0.29, 0.717) is 5.75 Å². The number of nitrogens with one attached hydrogen (secondary N) is 1. The molecule has 0 aromatic rings. The standard InChI is InChI=1S/C10H22BrNO2S/c1-2-15(13,14)10-6-9-12-8-5-3-4-7-11/h12H,2-10H2,1H3. The lowest BCUT2D eigenvalue weighted by Crippen LogP contribution is -2.20. The Morgan fingerprint density at radius 2 is 1.73 bits per heavy atom. The topological polar surface area (TPSA) is 46.2 Å². The summed E-state index contributed by atoms with van der Waals surface area (Å²) >= 11 is 3.39. The van der Waals surface area contributed by atoms with Crippen LogP contribution in [0, 0.1) is 0 Å². The smallest absolute Gasteiger partial charge is 0.150 e. The zero-order valence-corrected chi connectivity index (χ0v) is 11.9. The zero-order valence-electron chi connectivity index (χ0n) is 9.47. The summed E-state index contributed by atoms with van der Waals surface area (Å²) in [5.74, 6) is 0.580. The maximum Gasteiger partial charge on any atom is 0.150 e. The molecule has 0 atom stereocenters. The quantitative estimate of drug-likeness (QED) is 0.495. The predicted octanol–water partition coefficient (Wildman–Crippen LogP) is 1.97. The number of rotatable bonds is 10. The second-order valence-electron chi connectivity index (χ2n) is 3.59. The summed E-state index contributed by atoms with van der Waals surface area (Å²) in [6.45, 7) is 3.51. The van der Waals surface area contributed by atoms with E-state index in [1.807, 2.05) is 0 Å². The summed E-state index contributed by atoms with van der Waals surface area (Å²) in [7, 11) is -2.77. The molecule has 0 aliphatic carbocycles.